The molecule has 5 nitrogen and oxygen atoms in total. The van der Waals surface area contributed by atoms with Crippen LogP contribution < -0.4 is 5.32 Å². The zero-order valence-electron chi connectivity index (χ0n) is 11.8. The van der Waals surface area contributed by atoms with Gasteiger partial charge in [0.1, 0.15) is 5.82 Å². The first kappa shape index (κ1) is 14.0. The Balaban J connectivity index is 2.39. The Bertz CT molecular complexity index is 597. The number of esters is 1. The van der Waals surface area contributed by atoms with Crippen LogP contribution >= 0.6 is 0 Å². The highest BCUT2D eigenvalue weighted by Crippen LogP contribution is 2.21. The van der Waals surface area contributed by atoms with Crippen LogP contribution in [0.25, 0.3) is 0 Å². The van der Waals surface area contributed by atoms with Crippen LogP contribution in [0, 0.1) is 0 Å². The van der Waals surface area contributed by atoms with E-state index in [4.69, 9.17) is 4.74 Å². The van der Waals surface area contributed by atoms with Gasteiger partial charge in [0.25, 0.3) is 0 Å². The Morgan fingerprint density at radius 1 is 1.25 bits per heavy atom. The van der Waals surface area contributed by atoms with Crippen LogP contribution in [-0.4, -0.2) is 23.0 Å². The number of para-hydroxylation sites is 1. The van der Waals surface area contributed by atoms with Crippen LogP contribution in [0.2, 0.25) is 0 Å². The quantitative estimate of drug-likeness (QED) is 0.865. The van der Waals surface area contributed by atoms with Crippen molar-refractivity contribution in [2.75, 3.05) is 12.4 Å². The van der Waals surface area contributed by atoms with Crippen LogP contribution in [0.15, 0.2) is 36.5 Å². The van der Waals surface area contributed by atoms with Gasteiger partial charge >= 0.3 is 5.97 Å². The van der Waals surface area contributed by atoms with Crippen molar-refractivity contribution in [3.05, 3.63) is 48.0 Å². The maximum atomic E-state index is 11.8. The summed E-state index contributed by atoms with van der Waals surface area (Å²) in [6.07, 6.45) is 1.61. The fourth-order valence-electron chi connectivity index (χ4n) is 1.69. The maximum absolute atomic E-state index is 11.8. The van der Waals surface area contributed by atoms with E-state index >= 15 is 0 Å². The molecule has 1 heterocycles. The van der Waals surface area contributed by atoms with Gasteiger partial charge in [-0.05, 0) is 12.1 Å². The van der Waals surface area contributed by atoms with E-state index in [0.29, 0.717) is 11.5 Å². The number of aromatic nitrogens is 2. The van der Waals surface area contributed by atoms with E-state index in [1.165, 1.54) is 7.11 Å². The van der Waals surface area contributed by atoms with E-state index in [9.17, 15) is 4.79 Å². The van der Waals surface area contributed by atoms with Crippen molar-refractivity contribution < 1.29 is 9.53 Å². The first-order chi connectivity index (χ1) is 9.61. The highest BCUT2D eigenvalue weighted by atomic mass is 16.5. The average molecular weight is 271 g/mol. The minimum atomic E-state index is -0.479. The molecule has 1 aromatic heterocycles. The number of nitrogens with zero attached hydrogens (tertiary/aromatic N) is 2. The van der Waals surface area contributed by atoms with Gasteiger partial charge in [0.05, 0.1) is 19.0 Å². The van der Waals surface area contributed by atoms with Gasteiger partial charge in [-0.3, -0.25) is 0 Å². The Hall–Kier alpha value is -2.43. The molecule has 104 valence electrons. The number of hydrogen-bond acceptors (Lipinski definition) is 5. The number of carbonyl (C=O) groups is 1. The van der Waals surface area contributed by atoms with Gasteiger partial charge in [-0.1, -0.05) is 32.0 Å². The van der Waals surface area contributed by atoms with Gasteiger partial charge in [0, 0.05) is 11.6 Å². The van der Waals surface area contributed by atoms with Crippen molar-refractivity contribution in [2.24, 2.45) is 0 Å². The second kappa shape index (κ2) is 6.14. The van der Waals surface area contributed by atoms with Gasteiger partial charge < -0.3 is 10.1 Å². The number of ether oxygens (including phenoxy) is 1. The summed E-state index contributed by atoms with van der Waals surface area (Å²) in [6, 6.07) is 9.53. The molecule has 5 heteroatoms. The summed E-state index contributed by atoms with van der Waals surface area (Å²) in [4.78, 5) is 20.4. The Morgan fingerprint density at radius 2 is 1.95 bits per heavy atom. The normalized spacial score (nSPS) is 10.4. The third-order valence-electron chi connectivity index (χ3n) is 2.76. The summed E-state index contributed by atoms with van der Waals surface area (Å²) in [6.45, 7) is 3.95. The monoisotopic (exact) mass is 271 g/mol. The molecule has 0 aliphatic rings. The van der Waals surface area contributed by atoms with Crippen LogP contribution in [0.1, 0.15) is 36.1 Å². The molecule has 0 saturated heterocycles. The molecule has 0 radical (unpaired) electrons. The van der Waals surface area contributed by atoms with Crippen molar-refractivity contribution in [3.8, 4) is 0 Å². The minimum Gasteiger partial charge on any atom is -0.464 e. The van der Waals surface area contributed by atoms with E-state index < -0.39 is 5.97 Å². The highest BCUT2D eigenvalue weighted by Gasteiger charge is 2.17. The SMILES string of the molecule is COC(=O)c1nc(C(C)C)ncc1Nc1ccccc1. The summed E-state index contributed by atoms with van der Waals surface area (Å²) in [7, 11) is 1.34. The minimum absolute atomic E-state index is 0.143. The molecular weight excluding hydrogens is 254 g/mol. The molecule has 0 amide bonds. The molecular formula is C15H17N3O2. The molecule has 0 aliphatic carbocycles. The number of nitrogens with one attached hydrogen (secondary N) is 1. The molecule has 0 aliphatic heterocycles. The van der Waals surface area contributed by atoms with E-state index in [1.807, 2.05) is 44.2 Å². The van der Waals surface area contributed by atoms with E-state index in [2.05, 4.69) is 15.3 Å². The lowest BCUT2D eigenvalue weighted by atomic mass is 10.2. The second-order valence-electron chi connectivity index (χ2n) is 4.63. The summed E-state index contributed by atoms with van der Waals surface area (Å²) < 4.78 is 4.78. The van der Waals surface area contributed by atoms with E-state index in [-0.39, 0.29) is 11.6 Å². The van der Waals surface area contributed by atoms with Gasteiger partial charge in [-0.25, -0.2) is 14.8 Å². The molecule has 2 rings (SSSR count). The zero-order valence-corrected chi connectivity index (χ0v) is 11.8. The molecule has 1 aromatic carbocycles. The first-order valence-electron chi connectivity index (χ1n) is 6.39. The maximum Gasteiger partial charge on any atom is 0.358 e. The molecule has 0 atom stereocenters. The number of methoxy groups -OCH3 is 1. The number of anilines is 2. The van der Waals surface area contributed by atoms with Gasteiger partial charge in [-0.15, -0.1) is 0 Å². The summed E-state index contributed by atoms with van der Waals surface area (Å²) in [5.74, 6) is 0.279. The lowest BCUT2D eigenvalue weighted by Gasteiger charge is -2.12. The Labute approximate surface area is 118 Å². The smallest absolute Gasteiger partial charge is 0.358 e. The number of benzene rings is 1. The molecule has 0 bridgehead atoms. The third-order valence-corrected chi connectivity index (χ3v) is 2.76. The molecule has 0 unspecified atom stereocenters. The number of carbonyl (C=O) groups excluding carboxylic acids is 1. The lowest BCUT2D eigenvalue weighted by Crippen LogP contribution is -2.12. The Morgan fingerprint density at radius 3 is 2.55 bits per heavy atom. The van der Waals surface area contributed by atoms with Crippen LogP contribution in [0.4, 0.5) is 11.4 Å². The predicted octanol–water partition coefficient (Wildman–Crippen LogP) is 3.13. The van der Waals surface area contributed by atoms with Crippen molar-refractivity contribution in [2.45, 2.75) is 19.8 Å². The number of hydrogen-bond donors (Lipinski definition) is 1. The standard InChI is InChI=1S/C15H17N3O2/c1-10(2)14-16-9-12(13(18-14)15(19)20-3)17-11-7-5-4-6-8-11/h4-10,17H,1-3H3. The fraction of sp³-hybridized carbons (Fsp3) is 0.267. The molecule has 0 spiro atoms. The third kappa shape index (κ3) is 3.12. The summed E-state index contributed by atoms with van der Waals surface area (Å²) in [5, 5.41) is 3.13. The average Bonchev–Trinajstić information content (AvgIpc) is 2.47. The van der Waals surface area contributed by atoms with Crippen LogP contribution in [0.3, 0.4) is 0 Å². The van der Waals surface area contributed by atoms with E-state index in [1.54, 1.807) is 6.20 Å². The van der Waals surface area contributed by atoms with Crippen molar-refractivity contribution >= 4 is 17.3 Å². The highest BCUT2D eigenvalue weighted by molar-refractivity contribution is 5.94. The lowest BCUT2D eigenvalue weighted by molar-refractivity contribution is 0.0594. The molecule has 0 saturated carbocycles. The summed E-state index contributed by atoms with van der Waals surface area (Å²) in [5.41, 5.74) is 1.64. The molecule has 2 aromatic rings. The summed E-state index contributed by atoms with van der Waals surface area (Å²) >= 11 is 0. The largest absolute Gasteiger partial charge is 0.464 e. The second-order valence-corrected chi connectivity index (χ2v) is 4.63. The van der Waals surface area contributed by atoms with Gasteiger partial charge in [0.2, 0.25) is 0 Å². The van der Waals surface area contributed by atoms with E-state index in [0.717, 1.165) is 5.69 Å². The topological polar surface area (TPSA) is 64.1 Å². The van der Waals surface area contributed by atoms with Gasteiger partial charge in [0.15, 0.2) is 5.69 Å². The van der Waals surface area contributed by atoms with Crippen molar-refractivity contribution in [3.63, 3.8) is 0 Å². The fourth-order valence-corrected chi connectivity index (χ4v) is 1.69. The molecule has 20 heavy (non-hydrogen) atoms. The molecule has 1 N–H and O–H groups in total. The van der Waals surface area contributed by atoms with Crippen LogP contribution in [0.5, 0.6) is 0 Å². The van der Waals surface area contributed by atoms with Gasteiger partial charge in [-0.2, -0.15) is 0 Å². The van der Waals surface area contributed by atoms with Crippen molar-refractivity contribution in [1.29, 1.82) is 0 Å². The van der Waals surface area contributed by atoms with Crippen LogP contribution in [-0.2, 0) is 4.74 Å². The first-order valence-corrected chi connectivity index (χ1v) is 6.39. The Kier molecular flexibility index (Phi) is 4.30. The number of rotatable bonds is 4. The van der Waals surface area contributed by atoms with Crippen molar-refractivity contribution in [1.82, 2.24) is 9.97 Å². The molecule has 0 fully saturated rings. The zero-order chi connectivity index (χ0) is 14.5. The predicted molar refractivity (Wildman–Crippen MR) is 77.2 cm³/mol.